The summed E-state index contributed by atoms with van der Waals surface area (Å²) in [6.07, 6.45) is 4.22. The van der Waals surface area contributed by atoms with E-state index >= 15 is 0 Å². The van der Waals surface area contributed by atoms with Gasteiger partial charge in [0.25, 0.3) is 0 Å². The molecular weight excluding hydrogens is 446 g/mol. The number of carboxylic acid groups (broad SMARTS) is 1. The zero-order chi connectivity index (χ0) is 24.2. The predicted octanol–water partition coefficient (Wildman–Crippen LogP) is 3.61. The molecule has 0 bridgehead atoms. The number of aromatic hydroxyl groups is 1. The number of carbonyl (C=O) groups is 2. The largest absolute Gasteiger partial charge is 0.506 e. The van der Waals surface area contributed by atoms with Crippen molar-refractivity contribution in [2.45, 2.75) is 38.0 Å². The fourth-order valence-electron chi connectivity index (χ4n) is 4.00. The van der Waals surface area contributed by atoms with Gasteiger partial charge in [-0.3, -0.25) is 4.79 Å². The van der Waals surface area contributed by atoms with Crippen LogP contribution in [0.1, 0.15) is 42.9 Å². The standard InChI is InChI=1S/C24H22F2N4O4/c25-16-9-15(10-17(26)12-16)14-1-4-21(20(11-14)24(33)34)28-23(32)6-2-18-7-8-30(29-18)22-5-3-19(31)13-27-22/h3,5,7-10,12-14,31H,1-2,4,6,11H2,(H,28,32)(H,33,34). The second-order valence-electron chi connectivity index (χ2n) is 8.08. The van der Waals surface area contributed by atoms with Crippen molar-refractivity contribution >= 4 is 11.9 Å². The van der Waals surface area contributed by atoms with Crippen LogP contribution in [0.3, 0.4) is 0 Å². The second kappa shape index (κ2) is 9.82. The van der Waals surface area contributed by atoms with Crippen LogP contribution in [0.2, 0.25) is 0 Å². The third-order valence-electron chi connectivity index (χ3n) is 5.68. The van der Waals surface area contributed by atoms with Crippen molar-refractivity contribution < 1.29 is 28.6 Å². The summed E-state index contributed by atoms with van der Waals surface area (Å²) in [6, 6.07) is 8.04. The van der Waals surface area contributed by atoms with Gasteiger partial charge in [0, 0.05) is 30.8 Å². The van der Waals surface area contributed by atoms with Gasteiger partial charge in [-0.05, 0) is 61.1 Å². The molecule has 1 atom stereocenters. The maximum Gasteiger partial charge on any atom is 0.333 e. The molecular formula is C24H22F2N4O4. The predicted molar refractivity (Wildman–Crippen MR) is 117 cm³/mol. The molecule has 34 heavy (non-hydrogen) atoms. The normalized spacial score (nSPS) is 15.9. The molecule has 3 N–H and O–H groups in total. The molecule has 0 saturated heterocycles. The first kappa shape index (κ1) is 23.1. The molecule has 176 valence electrons. The quantitative estimate of drug-likeness (QED) is 0.488. The molecule has 1 aromatic carbocycles. The van der Waals surface area contributed by atoms with Crippen LogP contribution in [0.5, 0.6) is 5.75 Å². The highest BCUT2D eigenvalue weighted by Gasteiger charge is 2.28. The summed E-state index contributed by atoms with van der Waals surface area (Å²) >= 11 is 0. The smallest absolute Gasteiger partial charge is 0.333 e. The lowest BCUT2D eigenvalue weighted by Gasteiger charge is -2.26. The van der Waals surface area contributed by atoms with Crippen LogP contribution in [-0.4, -0.2) is 36.9 Å². The summed E-state index contributed by atoms with van der Waals surface area (Å²) in [7, 11) is 0. The van der Waals surface area contributed by atoms with Crippen molar-refractivity contribution in [2.24, 2.45) is 0 Å². The molecule has 4 rings (SSSR count). The first-order valence-corrected chi connectivity index (χ1v) is 10.7. The SMILES string of the molecule is O=C(CCc1ccn(-c2ccc(O)cn2)n1)NC1=C(C(=O)O)CC(c2cc(F)cc(F)c2)CC1. The Labute approximate surface area is 193 Å². The third kappa shape index (κ3) is 5.45. The molecule has 2 aromatic heterocycles. The van der Waals surface area contributed by atoms with Crippen LogP contribution in [-0.2, 0) is 16.0 Å². The first-order valence-electron chi connectivity index (χ1n) is 10.7. The average Bonchev–Trinajstić information content (AvgIpc) is 3.27. The van der Waals surface area contributed by atoms with Crippen LogP contribution in [0, 0.1) is 11.6 Å². The van der Waals surface area contributed by atoms with Crippen molar-refractivity contribution in [1.29, 1.82) is 0 Å². The molecule has 0 spiro atoms. The Kier molecular flexibility index (Phi) is 6.67. The molecule has 0 fully saturated rings. The Bertz CT molecular complexity index is 1230. The lowest BCUT2D eigenvalue weighted by molar-refractivity contribution is -0.133. The van der Waals surface area contributed by atoms with Crippen LogP contribution < -0.4 is 5.32 Å². The first-order chi connectivity index (χ1) is 16.3. The number of carboxylic acids is 1. The number of benzene rings is 1. The maximum atomic E-state index is 13.6. The number of halogens is 2. The van der Waals surface area contributed by atoms with Gasteiger partial charge in [-0.1, -0.05) is 0 Å². The number of allylic oxidation sites excluding steroid dienone is 1. The molecule has 1 unspecified atom stereocenters. The van der Waals surface area contributed by atoms with E-state index in [0.717, 1.165) is 6.07 Å². The number of aryl methyl sites for hydroxylation is 1. The number of hydrogen-bond acceptors (Lipinski definition) is 5. The van der Waals surface area contributed by atoms with Gasteiger partial charge in [-0.15, -0.1) is 0 Å². The summed E-state index contributed by atoms with van der Waals surface area (Å²) in [4.78, 5) is 28.4. The van der Waals surface area contributed by atoms with E-state index in [2.05, 4.69) is 15.4 Å². The highest BCUT2D eigenvalue weighted by Crippen LogP contribution is 2.36. The van der Waals surface area contributed by atoms with E-state index in [0.29, 0.717) is 35.6 Å². The zero-order valence-electron chi connectivity index (χ0n) is 18.0. The van der Waals surface area contributed by atoms with Crippen LogP contribution in [0.25, 0.3) is 5.82 Å². The number of nitrogens with one attached hydrogen (secondary N) is 1. The van der Waals surface area contributed by atoms with E-state index in [1.165, 1.54) is 29.1 Å². The number of pyridine rings is 1. The molecule has 0 radical (unpaired) electrons. The minimum Gasteiger partial charge on any atom is -0.506 e. The number of hydrogen-bond donors (Lipinski definition) is 3. The summed E-state index contributed by atoms with van der Waals surface area (Å²) in [5, 5.41) is 26.0. The van der Waals surface area contributed by atoms with Crippen molar-refractivity contribution in [3.63, 3.8) is 0 Å². The van der Waals surface area contributed by atoms with Crippen molar-refractivity contribution in [2.75, 3.05) is 0 Å². The second-order valence-corrected chi connectivity index (χ2v) is 8.08. The number of rotatable bonds is 7. The maximum absolute atomic E-state index is 13.6. The summed E-state index contributed by atoms with van der Waals surface area (Å²) in [5.41, 5.74) is 1.41. The average molecular weight is 468 g/mol. The van der Waals surface area contributed by atoms with Crippen LogP contribution in [0.15, 0.2) is 60.1 Å². The van der Waals surface area contributed by atoms with E-state index in [1.54, 1.807) is 18.3 Å². The minimum absolute atomic E-state index is 0.0388. The van der Waals surface area contributed by atoms with Gasteiger partial charge >= 0.3 is 5.97 Å². The molecule has 1 amide bonds. The van der Waals surface area contributed by atoms with Crippen LogP contribution in [0.4, 0.5) is 8.78 Å². The van der Waals surface area contributed by atoms with Gasteiger partial charge in [0.05, 0.1) is 17.5 Å². The molecule has 8 nitrogen and oxygen atoms in total. The van der Waals surface area contributed by atoms with E-state index < -0.39 is 17.6 Å². The monoisotopic (exact) mass is 468 g/mol. The van der Waals surface area contributed by atoms with E-state index in [1.807, 2.05) is 0 Å². The number of aliphatic carboxylic acids is 1. The van der Waals surface area contributed by atoms with E-state index in [-0.39, 0.29) is 42.4 Å². The summed E-state index contributed by atoms with van der Waals surface area (Å²) in [5.74, 6) is -2.73. The molecule has 0 saturated carbocycles. The van der Waals surface area contributed by atoms with Gasteiger partial charge in [0.1, 0.15) is 17.4 Å². The van der Waals surface area contributed by atoms with Crippen molar-refractivity contribution in [3.8, 4) is 11.6 Å². The lowest BCUT2D eigenvalue weighted by Crippen LogP contribution is -2.29. The van der Waals surface area contributed by atoms with Gasteiger partial charge < -0.3 is 15.5 Å². The Balaban J connectivity index is 1.39. The Hall–Kier alpha value is -4.08. The highest BCUT2D eigenvalue weighted by atomic mass is 19.1. The Morgan fingerprint density at radius 3 is 2.59 bits per heavy atom. The number of carbonyl (C=O) groups excluding carboxylic acids is 1. The van der Waals surface area contributed by atoms with Gasteiger partial charge in [-0.25, -0.2) is 23.2 Å². The topological polar surface area (TPSA) is 117 Å². The highest BCUT2D eigenvalue weighted by molar-refractivity contribution is 5.89. The molecule has 2 heterocycles. The number of amides is 1. The van der Waals surface area contributed by atoms with Crippen LogP contribution >= 0.6 is 0 Å². The minimum atomic E-state index is -1.17. The fourth-order valence-corrected chi connectivity index (χ4v) is 4.00. The van der Waals surface area contributed by atoms with Gasteiger partial charge in [-0.2, -0.15) is 5.10 Å². The van der Waals surface area contributed by atoms with Gasteiger partial charge in [0.15, 0.2) is 5.82 Å². The summed E-state index contributed by atoms with van der Waals surface area (Å²) < 4.78 is 28.7. The molecule has 10 heteroatoms. The van der Waals surface area contributed by atoms with Gasteiger partial charge in [0.2, 0.25) is 5.91 Å². The van der Waals surface area contributed by atoms with Crippen molar-refractivity contribution in [1.82, 2.24) is 20.1 Å². The van der Waals surface area contributed by atoms with E-state index in [4.69, 9.17) is 0 Å². The molecule has 0 aliphatic heterocycles. The third-order valence-corrected chi connectivity index (χ3v) is 5.68. The Morgan fingerprint density at radius 1 is 1.15 bits per heavy atom. The zero-order valence-corrected chi connectivity index (χ0v) is 18.0. The van der Waals surface area contributed by atoms with E-state index in [9.17, 15) is 28.6 Å². The number of aromatic nitrogens is 3. The summed E-state index contributed by atoms with van der Waals surface area (Å²) in [6.45, 7) is 0. The fraction of sp³-hybridized carbons (Fsp3) is 0.250. The van der Waals surface area contributed by atoms with Crippen molar-refractivity contribution in [3.05, 3.63) is 83.0 Å². The molecule has 1 aliphatic rings. The lowest BCUT2D eigenvalue weighted by atomic mass is 9.82. The number of nitrogens with zero attached hydrogens (tertiary/aromatic N) is 3. The molecule has 1 aliphatic carbocycles. The Morgan fingerprint density at radius 2 is 1.91 bits per heavy atom. The molecule has 3 aromatic rings.